The van der Waals surface area contributed by atoms with Gasteiger partial charge in [0.05, 0.1) is 7.11 Å². The van der Waals surface area contributed by atoms with Gasteiger partial charge in [0.2, 0.25) is 0 Å². The Morgan fingerprint density at radius 1 is 1.05 bits per heavy atom. The van der Waals surface area contributed by atoms with E-state index >= 15 is 0 Å². The topological polar surface area (TPSA) is 52.3 Å². The average molecular weight is 283 g/mol. The third-order valence-electron chi connectivity index (χ3n) is 3.57. The highest BCUT2D eigenvalue weighted by atomic mass is 16.5. The van der Waals surface area contributed by atoms with Crippen LogP contribution in [0.25, 0.3) is 11.1 Å². The van der Waals surface area contributed by atoms with Crippen LogP contribution in [0.5, 0.6) is 0 Å². The van der Waals surface area contributed by atoms with E-state index in [0.717, 1.165) is 18.4 Å². The molecule has 0 aliphatic rings. The Bertz CT molecular complexity index is 564. The molecule has 2 rings (SSSR count). The molecule has 21 heavy (non-hydrogen) atoms. The van der Waals surface area contributed by atoms with Crippen molar-refractivity contribution in [3.8, 4) is 11.1 Å². The second-order valence-corrected chi connectivity index (χ2v) is 5.06. The maximum atomic E-state index is 11.1. The standard InChI is InChI=1S/C18H21NO2/c1-21-18(20)9-5-8-17(19)16-12-10-15(11-13-16)14-6-3-2-4-7-14/h2-4,6-7,10-13,17H,5,8-9,19H2,1H3. The van der Waals surface area contributed by atoms with Gasteiger partial charge in [0, 0.05) is 12.5 Å². The Kier molecular flexibility index (Phi) is 5.52. The quantitative estimate of drug-likeness (QED) is 0.822. The summed E-state index contributed by atoms with van der Waals surface area (Å²) in [4.78, 5) is 11.1. The van der Waals surface area contributed by atoms with Gasteiger partial charge in [-0.05, 0) is 29.5 Å². The molecule has 0 saturated heterocycles. The van der Waals surface area contributed by atoms with Crippen LogP contribution >= 0.6 is 0 Å². The van der Waals surface area contributed by atoms with Crippen molar-refractivity contribution in [1.29, 1.82) is 0 Å². The van der Waals surface area contributed by atoms with Crippen molar-refractivity contribution in [2.45, 2.75) is 25.3 Å². The van der Waals surface area contributed by atoms with Crippen molar-refractivity contribution < 1.29 is 9.53 Å². The molecule has 0 aliphatic heterocycles. The predicted molar refractivity (Wildman–Crippen MR) is 84.7 cm³/mol. The largest absolute Gasteiger partial charge is 0.469 e. The fourth-order valence-corrected chi connectivity index (χ4v) is 2.29. The molecule has 1 unspecified atom stereocenters. The Hall–Kier alpha value is -2.13. The molecule has 2 aromatic carbocycles. The normalized spacial score (nSPS) is 11.9. The van der Waals surface area contributed by atoms with Crippen LogP contribution < -0.4 is 5.73 Å². The van der Waals surface area contributed by atoms with Gasteiger partial charge in [0.1, 0.15) is 0 Å². The number of carbonyl (C=O) groups excluding carboxylic acids is 1. The Labute approximate surface area is 125 Å². The number of methoxy groups -OCH3 is 1. The molecule has 110 valence electrons. The fraction of sp³-hybridized carbons (Fsp3) is 0.278. The van der Waals surface area contributed by atoms with Gasteiger partial charge in [0.15, 0.2) is 0 Å². The van der Waals surface area contributed by atoms with Gasteiger partial charge in [0.25, 0.3) is 0 Å². The molecule has 3 nitrogen and oxygen atoms in total. The van der Waals surface area contributed by atoms with Crippen molar-refractivity contribution in [2.75, 3.05) is 7.11 Å². The van der Waals surface area contributed by atoms with Gasteiger partial charge < -0.3 is 10.5 Å². The lowest BCUT2D eigenvalue weighted by Gasteiger charge is -2.12. The van der Waals surface area contributed by atoms with Crippen LogP contribution in [0.2, 0.25) is 0 Å². The van der Waals surface area contributed by atoms with Crippen LogP contribution in [0.15, 0.2) is 54.6 Å². The van der Waals surface area contributed by atoms with E-state index in [9.17, 15) is 4.79 Å². The summed E-state index contributed by atoms with van der Waals surface area (Å²) in [5, 5.41) is 0. The number of nitrogens with two attached hydrogens (primary N) is 1. The van der Waals surface area contributed by atoms with Gasteiger partial charge in [-0.3, -0.25) is 4.79 Å². The number of hydrogen-bond acceptors (Lipinski definition) is 3. The monoisotopic (exact) mass is 283 g/mol. The summed E-state index contributed by atoms with van der Waals surface area (Å²) in [7, 11) is 1.41. The van der Waals surface area contributed by atoms with Crippen LogP contribution in [0.1, 0.15) is 30.9 Å². The molecule has 3 heteroatoms. The van der Waals surface area contributed by atoms with Crippen LogP contribution in [0, 0.1) is 0 Å². The smallest absolute Gasteiger partial charge is 0.305 e. The summed E-state index contributed by atoms with van der Waals surface area (Å²) < 4.78 is 4.62. The minimum atomic E-state index is -0.179. The molecular formula is C18H21NO2. The molecular weight excluding hydrogens is 262 g/mol. The molecule has 0 aliphatic carbocycles. The van der Waals surface area contributed by atoms with Crippen LogP contribution in [0.4, 0.5) is 0 Å². The third kappa shape index (κ3) is 4.43. The highest BCUT2D eigenvalue weighted by Crippen LogP contribution is 2.23. The summed E-state index contributed by atoms with van der Waals surface area (Å²) in [6, 6.07) is 18.5. The van der Waals surface area contributed by atoms with Gasteiger partial charge in [-0.1, -0.05) is 54.6 Å². The van der Waals surface area contributed by atoms with Crippen molar-refractivity contribution >= 4 is 5.97 Å². The molecule has 0 saturated carbocycles. The minimum absolute atomic E-state index is 0.0421. The molecule has 0 bridgehead atoms. The van der Waals surface area contributed by atoms with Crippen LogP contribution in [0.3, 0.4) is 0 Å². The summed E-state index contributed by atoms with van der Waals surface area (Å²) in [5.41, 5.74) is 9.64. The average Bonchev–Trinajstić information content (AvgIpc) is 2.55. The highest BCUT2D eigenvalue weighted by Gasteiger charge is 2.08. The van der Waals surface area contributed by atoms with E-state index < -0.39 is 0 Å². The maximum Gasteiger partial charge on any atom is 0.305 e. The molecule has 1 atom stereocenters. The number of benzene rings is 2. The van der Waals surface area contributed by atoms with E-state index in [2.05, 4.69) is 41.1 Å². The zero-order chi connectivity index (χ0) is 15.1. The van der Waals surface area contributed by atoms with Gasteiger partial charge in [-0.2, -0.15) is 0 Å². The number of ether oxygens (including phenoxy) is 1. The first-order valence-electron chi connectivity index (χ1n) is 7.18. The highest BCUT2D eigenvalue weighted by molar-refractivity contribution is 5.69. The zero-order valence-corrected chi connectivity index (χ0v) is 12.3. The molecule has 2 N–H and O–H groups in total. The molecule has 0 fully saturated rings. The number of esters is 1. The van der Waals surface area contributed by atoms with E-state index in [-0.39, 0.29) is 12.0 Å². The van der Waals surface area contributed by atoms with E-state index in [0.29, 0.717) is 6.42 Å². The maximum absolute atomic E-state index is 11.1. The van der Waals surface area contributed by atoms with Gasteiger partial charge >= 0.3 is 5.97 Å². The van der Waals surface area contributed by atoms with Crippen LogP contribution in [-0.4, -0.2) is 13.1 Å². The van der Waals surface area contributed by atoms with E-state index in [4.69, 9.17) is 5.73 Å². The number of carbonyl (C=O) groups is 1. The summed E-state index contributed by atoms with van der Waals surface area (Å²) in [6.07, 6.45) is 1.94. The lowest BCUT2D eigenvalue weighted by Crippen LogP contribution is -2.11. The predicted octanol–water partition coefficient (Wildman–Crippen LogP) is 3.70. The second kappa shape index (κ2) is 7.60. The Balaban J connectivity index is 1.94. The first kappa shape index (κ1) is 15.3. The Morgan fingerprint density at radius 2 is 1.67 bits per heavy atom. The number of rotatable bonds is 6. The molecule has 0 heterocycles. The third-order valence-corrected chi connectivity index (χ3v) is 3.57. The molecule has 0 amide bonds. The molecule has 2 aromatic rings. The van der Waals surface area contributed by atoms with Crippen molar-refractivity contribution in [1.82, 2.24) is 0 Å². The van der Waals surface area contributed by atoms with Crippen molar-refractivity contribution in [3.05, 3.63) is 60.2 Å². The van der Waals surface area contributed by atoms with Crippen LogP contribution in [-0.2, 0) is 9.53 Å². The minimum Gasteiger partial charge on any atom is -0.469 e. The van der Waals surface area contributed by atoms with E-state index in [1.807, 2.05) is 18.2 Å². The van der Waals surface area contributed by atoms with Crippen molar-refractivity contribution in [3.63, 3.8) is 0 Å². The van der Waals surface area contributed by atoms with Crippen molar-refractivity contribution in [2.24, 2.45) is 5.73 Å². The molecule has 0 spiro atoms. The summed E-state index contributed by atoms with van der Waals surface area (Å²) >= 11 is 0. The zero-order valence-electron chi connectivity index (χ0n) is 12.3. The second-order valence-electron chi connectivity index (χ2n) is 5.06. The SMILES string of the molecule is COC(=O)CCCC(N)c1ccc(-c2ccccc2)cc1. The summed E-state index contributed by atoms with van der Waals surface area (Å²) in [5.74, 6) is -0.179. The number of hydrogen-bond donors (Lipinski definition) is 1. The van der Waals surface area contributed by atoms with Gasteiger partial charge in [-0.15, -0.1) is 0 Å². The Morgan fingerprint density at radius 3 is 2.29 bits per heavy atom. The first-order chi connectivity index (χ1) is 10.2. The van der Waals surface area contributed by atoms with E-state index in [1.54, 1.807) is 0 Å². The van der Waals surface area contributed by atoms with E-state index in [1.165, 1.54) is 18.2 Å². The first-order valence-corrected chi connectivity index (χ1v) is 7.18. The molecule has 0 radical (unpaired) electrons. The fourth-order valence-electron chi connectivity index (χ4n) is 2.29. The lowest BCUT2D eigenvalue weighted by molar-refractivity contribution is -0.140. The van der Waals surface area contributed by atoms with Gasteiger partial charge in [-0.25, -0.2) is 0 Å². The summed E-state index contributed by atoms with van der Waals surface area (Å²) in [6.45, 7) is 0. The lowest BCUT2D eigenvalue weighted by atomic mass is 9.98. The molecule has 0 aromatic heterocycles.